The van der Waals surface area contributed by atoms with Gasteiger partial charge in [0.1, 0.15) is 0 Å². The molecular formula is C11H13F3O3. The number of methoxy groups -OCH3 is 2. The van der Waals surface area contributed by atoms with Crippen molar-refractivity contribution < 1.29 is 27.8 Å². The molecule has 96 valence electrons. The molecule has 0 spiro atoms. The van der Waals surface area contributed by atoms with Crippen molar-refractivity contribution in [3.8, 4) is 11.5 Å². The van der Waals surface area contributed by atoms with Crippen LogP contribution in [-0.2, 0) is 12.6 Å². The molecule has 17 heavy (non-hydrogen) atoms. The van der Waals surface area contributed by atoms with E-state index in [2.05, 4.69) is 0 Å². The molecule has 1 N–H and O–H groups in total. The average Bonchev–Trinajstić information content (AvgIpc) is 2.27. The number of ether oxygens (including phenoxy) is 2. The molecule has 0 heterocycles. The lowest BCUT2D eigenvalue weighted by molar-refractivity contribution is -0.138. The molecule has 0 atom stereocenters. The van der Waals surface area contributed by atoms with Gasteiger partial charge in [-0.25, -0.2) is 0 Å². The van der Waals surface area contributed by atoms with Crippen LogP contribution in [0.5, 0.6) is 11.5 Å². The molecule has 0 aliphatic carbocycles. The van der Waals surface area contributed by atoms with Gasteiger partial charge in [-0.3, -0.25) is 0 Å². The Hall–Kier alpha value is -1.43. The zero-order valence-electron chi connectivity index (χ0n) is 9.47. The second kappa shape index (κ2) is 5.27. The maximum Gasteiger partial charge on any atom is 0.416 e. The quantitative estimate of drug-likeness (QED) is 0.890. The molecule has 0 aliphatic heterocycles. The van der Waals surface area contributed by atoms with Gasteiger partial charge in [-0.1, -0.05) is 0 Å². The van der Waals surface area contributed by atoms with Crippen molar-refractivity contribution >= 4 is 0 Å². The van der Waals surface area contributed by atoms with Gasteiger partial charge in [-0.2, -0.15) is 13.2 Å². The first kappa shape index (κ1) is 13.6. The van der Waals surface area contributed by atoms with Crippen LogP contribution in [0.2, 0.25) is 0 Å². The number of benzene rings is 1. The topological polar surface area (TPSA) is 38.7 Å². The number of alkyl halides is 3. The van der Waals surface area contributed by atoms with E-state index in [4.69, 9.17) is 14.6 Å². The number of halogens is 3. The predicted octanol–water partition coefficient (Wildman–Crippen LogP) is 2.26. The van der Waals surface area contributed by atoms with Gasteiger partial charge < -0.3 is 14.6 Å². The average molecular weight is 250 g/mol. The highest BCUT2D eigenvalue weighted by Gasteiger charge is 2.34. The third-order valence-electron chi connectivity index (χ3n) is 2.30. The van der Waals surface area contributed by atoms with Crippen LogP contribution in [0.1, 0.15) is 11.1 Å². The van der Waals surface area contributed by atoms with Crippen molar-refractivity contribution in [2.24, 2.45) is 0 Å². The maximum absolute atomic E-state index is 12.7. The van der Waals surface area contributed by atoms with Crippen LogP contribution in [0.25, 0.3) is 0 Å². The third-order valence-corrected chi connectivity index (χ3v) is 2.30. The van der Waals surface area contributed by atoms with Crippen LogP contribution < -0.4 is 9.47 Å². The molecule has 0 aliphatic rings. The summed E-state index contributed by atoms with van der Waals surface area (Å²) in [7, 11) is 2.61. The summed E-state index contributed by atoms with van der Waals surface area (Å²) in [6.07, 6.45) is -4.57. The minimum absolute atomic E-state index is 0.0153. The zero-order valence-corrected chi connectivity index (χ0v) is 9.47. The van der Waals surface area contributed by atoms with Gasteiger partial charge in [-0.05, 0) is 24.1 Å². The summed E-state index contributed by atoms with van der Waals surface area (Å²) in [5.74, 6) is 0.227. The molecule has 0 radical (unpaired) electrons. The van der Waals surface area contributed by atoms with E-state index in [9.17, 15) is 13.2 Å². The molecular weight excluding hydrogens is 237 g/mol. The van der Waals surface area contributed by atoms with Crippen LogP contribution in [0, 0.1) is 0 Å². The summed E-state index contributed by atoms with van der Waals surface area (Å²) < 4.78 is 48.0. The summed E-state index contributed by atoms with van der Waals surface area (Å²) in [4.78, 5) is 0. The Labute approximate surface area is 96.8 Å². The van der Waals surface area contributed by atoms with E-state index >= 15 is 0 Å². The highest BCUT2D eigenvalue weighted by atomic mass is 19.4. The number of hydrogen-bond donors (Lipinski definition) is 1. The smallest absolute Gasteiger partial charge is 0.416 e. The lowest BCUT2D eigenvalue weighted by Gasteiger charge is -2.16. The number of rotatable bonds is 4. The molecule has 0 aromatic heterocycles. The van der Waals surface area contributed by atoms with E-state index in [1.165, 1.54) is 20.3 Å². The van der Waals surface area contributed by atoms with Crippen molar-refractivity contribution in [1.29, 1.82) is 0 Å². The second-order valence-corrected chi connectivity index (χ2v) is 3.34. The minimum Gasteiger partial charge on any atom is -0.493 e. The monoisotopic (exact) mass is 250 g/mol. The van der Waals surface area contributed by atoms with E-state index in [0.29, 0.717) is 0 Å². The van der Waals surface area contributed by atoms with E-state index in [-0.39, 0.29) is 30.1 Å². The third kappa shape index (κ3) is 3.03. The normalized spacial score (nSPS) is 11.4. The summed E-state index contributed by atoms with van der Waals surface area (Å²) in [6.45, 7) is -0.363. The van der Waals surface area contributed by atoms with Crippen LogP contribution in [-0.4, -0.2) is 25.9 Å². The van der Waals surface area contributed by atoms with Gasteiger partial charge >= 0.3 is 6.18 Å². The van der Waals surface area contributed by atoms with E-state index in [1.807, 2.05) is 0 Å². The predicted molar refractivity (Wildman–Crippen MR) is 55.3 cm³/mol. The molecule has 0 saturated carbocycles. The maximum atomic E-state index is 12.7. The van der Waals surface area contributed by atoms with Gasteiger partial charge in [0.25, 0.3) is 0 Å². The van der Waals surface area contributed by atoms with Gasteiger partial charge in [-0.15, -0.1) is 0 Å². The highest BCUT2D eigenvalue weighted by Crippen LogP contribution is 2.39. The fourth-order valence-electron chi connectivity index (χ4n) is 1.51. The Morgan fingerprint density at radius 1 is 1.12 bits per heavy atom. The molecule has 6 heteroatoms. The molecule has 3 nitrogen and oxygen atoms in total. The van der Waals surface area contributed by atoms with E-state index < -0.39 is 11.7 Å². The van der Waals surface area contributed by atoms with E-state index in [1.54, 1.807) is 0 Å². The Balaban J connectivity index is 3.35. The fourth-order valence-corrected chi connectivity index (χ4v) is 1.51. The Bertz CT molecular complexity index is 388. The molecule has 0 amide bonds. The standard InChI is InChI=1S/C11H13F3O3/c1-16-9-5-7(3-4-15)8(11(12,13)14)6-10(9)17-2/h5-6,15H,3-4H2,1-2H3. The van der Waals surface area contributed by atoms with Crippen molar-refractivity contribution in [1.82, 2.24) is 0 Å². The van der Waals surface area contributed by atoms with E-state index in [0.717, 1.165) is 6.07 Å². The zero-order chi connectivity index (χ0) is 13.1. The molecule has 0 unspecified atom stereocenters. The van der Waals surface area contributed by atoms with Gasteiger partial charge in [0.15, 0.2) is 11.5 Å². The number of aliphatic hydroxyl groups excluding tert-OH is 1. The van der Waals surface area contributed by atoms with Crippen LogP contribution in [0.15, 0.2) is 12.1 Å². The van der Waals surface area contributed by atoms with Crippen LogP contribution in [0.4, 0.5) is 13.2 Å². The second-order valence-electron chi connectivity index (χ2n) is 3.34. The molecule has 1 aromatic carbocycles. The SMILES string of the molecule is COc1cc(CCO)c(C(F)(F)F)cc1OC. The summed E-state index contributed by atoms with van der Waals surface area (Å²) in [6, 6.07) is 2.11. The molecule has 0 fully saturated rings. The first-order chi connectivity index (χ1) is 7.93. The lowest BCUT2D eigenvalue weighted by Crippen LogP contribution is -2.11. The Kier molecular flexibility index (Phi) is 4.22. The van der Waals surface area contributed by atoms with Crippen molar-refractivity contribution in [2.45, 2.75) is 12.6 Å². The highest BCUT2D eigenvalue weighted by molar-refractivity contribution is 5.48. The molecule has 0 saturated heterocycles. The first-order valence-electron chi connectivity index (χ1n) is 4.87. The molecule has 1 aromatic rings. The van der Waals surface area contributed by atoms with Crippen molar-refractivity contribution in [3.63, 3.8) is 0 Å². The molecule has 0 bridgehead atoms. The van der Waals surface area contributed by atoms with Crippen LogP contribution in [0.3, 0.4) is 0 Å². The minimum atomic E-state index is -4.48. The molecule has 1 rings (SSSR count). The van der Waals surface area contributed by atoms with Crippen molar-refractivity contribution in [2.75, 3.05) is 20.8 Å². The van der Waals surface area contributed by atoms with Crippen LogP contribution >= 0.6 is 0 Å². The van der Waals surface area contributed by atoms with Gasteiger partial charge in [0, 0.05) is 6.61 Å². The summed E-state index contributed by atoms with van der Waals surface area (Å²) in [5.41, 5.74) is -0.832. The Morgan fingerprint density at radius 3 is 2.06 bits per heavy atom. The Morgan fingerprint density at radius 2 is 1.65 bits per heavy atom. The summed E-state index contributed by atoms with van der Waals surface area (Å²) >= 11 is 0. The summed E-state index contributed by atoms with van der Waals surface area (Å²) in [5, 5.41) is 8.76. The van der Waals surface area contributed by atoms with Gasteiger partial charge in [0.05, 0.1) is 19.8 Å². The number of hydrogen-bond acceptors (Lipinski definition) is 3. The number of aliphatic hydroxyl groups is 1. The lowest BCUT2D eigenvalue weighted by atomic mass is 10.0. The van der Waals surface area contributed by atoms with Gasteiger partial charge in [0.2, 0.25) is 0 Å². The largest absolute Gasteiger partial charge is 0.493 e. The first-order valence-corrected chi connectivity index (χ1v) is 4.87. The fraction of sp³-hybridized carbons (Fsp3) is 0.455. The van der Waals surface area contributed by atoms with Crippen molar-refractivity contribution in [3.05, 3.63) is 23.3 Å².